The van der Waals surface area contributed by atoms with Gasteiger partial charge in [-0.15, -0.1) is 11.8 Å². The second-order valence-electron chi connectivity index (χ2n) is 5.95. The smallest absolute Gasteiger partial charge is 0.329 e. The summed E-state index contributed by atoms with van der Waals surface area (Å²) in [4.78, 5) is 35.5. The summed E-state index contributed by atoms with van der Waals surface area (Å²) in [6.07, 6.45) is 0.856. The van der Waals surface area contributed by atoms with Gasteiger partial charge in [0.25, 0.3) is 0 Å². The van der Waals surface area contributed by atoms with Gasteiger partial charge in [-0.1, -0.05) is 17.7 Å². The van der Waals surface area contributed by atoms with Crippen molar-refractivity contribution in [2.45, 2.75) is 25.3 Å². The molecule has 0 bridgehead atoms. The van der Waals surface area contributed by atoms with Crippen LogP contribution in [-0.2, 0) is 14.4 Å². The third-order valence-corrected chi connectivity index (χ3v) is 5.85. The number of carboxylic acids is 1. The molecule has 0 saturated carbocycles. The molecule has 2 rings (SSSR count). The lowest BCUT2D eigenvalue weighted by atomic mass is 9.92. The van der Waals surface area contributed by atoms with Crippen LogP contribution in [0.3, 0.4) is 0 Å². The molecule has 1 heterocycles. The van der Waals surface area contributed by atoms with E-state index in [1.165, 1.54) is 11.8 Å². The maximum Gasteiger partial charge on any atom is 0.329 e. The van der Waals surface area contributed by atoms with Gasteiger partial charge in [0.15, 0.2) is 0 Å². The SMILES string of the molecule is Cc1ccc(NC(=O)CSCC(=O)NC2(C(=O)O)CCSCC2)cc1. The number of anilines is 1. The van der Waals surface area contributed by atoms with Crippen LogP contribution in [0.4, 0.5) is 5.69 Å². The van der Waals surface area contributed by atoms with Gasteiger partial charge in [0.1, 0.15) is 5.54 Å². The van der Waals surface area contributed by atoms with Gasteiger partial charge in [-0.05, 0) is 43.4 Å². The molecule has 1 fully saturated rings. The molecule has 1 aliphatic heterocycles. The van der Waals surface area contributed by atoms with E-state index in [0.717, 1.165) is 17.1 Å². The van der Waals surface area contributed by atoms with Gasteiger partial charge in [0, 0.05) is 5.69 Å². The summed E-state index contributed by atoms with van der Waals surface area (Å²) in [7, 11) is 0. The Kier molecular flexibility index (Phi) is 7.19. The van der Waals surface area contributed by atoms with Crippen LogP contribution in [0.2, 0.25) is 0 Å². The minimum absolute atomic E-state index is 0.0590. The molecule has 2 amide bonds. The molecular formula is C17H22N2O4S2. The van der Waals surface area contributed by atoms with Gasteiger partial charge < -0.3 is 15.7 Å². The minimum atomic E-state index is -1.16. The fourth-order valence-corrected chi connectivity index (χ4v) is 4.29. The maximum atomic E-state index is 12.1. The highest BCUT2D eigenvalue weighted by Gasteiger charge is 2.41. The molecule has 1 aromatic rings. The highest BCUT2D eigenvalue weighted by molar-refractivity contribution is 8.00. The molecule has 0 spiro atoms. The van der Waals surface area contributed by atoms with Crippen LogP contribution in [0.5, 0.6) is 0 Å². The van der Waals surface area contributed by atoms with Crippen LogP contribution in [0.15, 0.2) is 24.3 Å². The fraction of sp³-hybridized carbons (Fsp3) is 0.471. The van der Waals surface area contributed by atoms with Gasteiger partial charge >= 0.3 is 5.97 Å². The summed E-state index contributed by atoms with van der Waals surface area (Å²) >= 11 is 2.86. The van der Waals surface area contributed by atoms with Crippen molar-refractivity contribution in [3.8, 4) is 0 Å². The number of carboxylic acid groups (broad SMARTS) is 1. The molecule has 0 aromatic heterocycles. The second kappa shape index (κ2) is 9.15. The van der Waals surface area contributed by atoms with Gasteiger partial charge in [0.2, 0.25) is 11.8 Å². The summed E-state index contributed by atoms with van der Waals surface area (Å²) in [5.41, 5.74) is 0.662. The maximum absolute atomic E-state index is 12.1. The normalized spacial score (nSPS) is 16.0. The number of benzene rings is 1. The Hall–Kier alpha value is -1.67. The zero-order valence-corrected chi connectivity index (χ0v) is 15.7. The minimum Gasteiger partial charge on any atom is -0.480 e. The van der Waals surface area contributed by atoms with Crippen molar-refractivity contribution in [1.82, 2.24) is 5.32 Å². The van der Waals surface area contributed by atoms with E-state index in [4.69, 9.17) is 0 Å². The Bertz CT molecular complexity index is 628. The first-order valence-corrected chi connectivity index (χ1v) is 10.3. The number of thioether (sulfide) groups is 2. The number of aliphatic carboxylic acids is 1. The molecule has 1 saturated heterocycles. The number of carbonyl (C=O) groups is 3. The molecule has 25 heavy (non-hydrogen) atoms. The third kappa shape index (κ3) is 5.97. The zero-order valence-electron chi connectivity index (χ0n) is 14.0. The van der Waals surface area contributed by atoms with Crippen LogP contribution in [0.1, 0.15) is 18.4 Å². The molecule has 8 heteroatoms. The summed E-state index contributed by atoms with van der Waals surface area (Å²) in [5.74, 6) is 0.118. The molecule has 0 atom stereocenters. The van der Waals surface area contributed by atoms with Crippen molar-refractivity contribution >= 4 is 47.0 Å². The molecule has 0 unspecified atom stereocenters. The molecule has 1 aromatic carbocycles. The average Bonchev–Trinajstić information content (AvgIpc) is 2.57. The number of aryl methyl sites for hydroxylation is 1. The van der Waals surface area contributed by atoms with E-state index in [2.05, 4.69) is 10.6 Å². The fourth-order valence-electron chi connectivity index (χ4n) is 2.49. The molecule has 136 valence electrons. The Morgan fingerprint density at radius 3 is 2.32 bits per heavy atom. The summed E-state index contributed by atoms with van der Waals surface area (Å²) in [6.45, 7) is 1.97. The van der Waals surface area contributed by atoms with Crippen LogP contribution in [0, 0.1) is 6.92 Å². The first kappa shape index (κ1) is 19.7. The molecule has 3 N–H and O–H groups in total. The standard InChI is InChI=1S/C17H22N2O4S2/c1-12-2-4-13(5-3-12)18-14(20)10-25-11-15(21)19-17(16(22)23)6-8-24-9-7-17/h2-5H,6-11H2,1H3,(H,18,20)(H,19,21)(H,22,23). The monoisotopic (exact) mass is 382 g/mol. The summed E-state index contributed by atoms with van der Waals surface area (Å²) in [5, 5.41) is 14.9. The average molecular weight is 383 g/mol. The van der Waals surface area contributed by atoms with E-state index in [0.29, 0.717) is 18.5 Å². The first-order valence-electron chi connectivity index (χ1n) is 7.98. The van der Waals surface area contributed by atoms with E-state index >= 15 is 0 Å². The van der Waals surface area contributed by atoms with Gasteiger partial charge in [-0.25, -0.2) is 4.79 Å². The second-order valence-corrected chi connectivity index (χ2v) is 8.17. The van der Waals surface area contributed by atoms with Crippen LogP contribution in [0.25, 0.3) is 0 Å². The zero-order chi connectivity index (χ0) is 18.3. The number of hydrogen-bond acceptors (Lipinski definition) is 5. The van der Waals surface area contributed by atoms with Crippen LogP contribution in [-0.4, -0.2) is 51.4 Å². The number of hydrogen-bond donors (Lipinski definition) is 3. The highest BCUT2D eigenvalue weighted by atomic mass is 32.2. The van der Waals surface area contributed by atoms with E-state index in [1.807, 2.05) is 31.2 Å². The van der Waals surface area contributed by atoms with Gasteiger partial charge in [0.05, 0.1) is 11.5 Å². The van der Waals surface area contributed by atoms with Crippen molar-refractivity contribution < 1.29 is 19.5 Å². The summed E-state index contributed by atoms with van der Waals surface area (Å²) in [6, 6.07) is 7.46. The number of amides is 2. The number of rotatable bonds is 7. The Labute approximate surface area is 155 Å². The lowest BCUT2D eigenvalue weighted by Crippen LogP contribution is -2.57. The first-order chi connectivity index (χ1) is 11.9. The van der Waals surface area contributed by atoms with Crippen LogP contribution >= 0.6 is 23.5 Å². The topological polar surface area (TPSA) is 95.5 Å². The predicted molar refractivity (Wildman–Crippen MR) is 102 cm³/mol. The van der Waals surface area contributed by atoms with E-state index < -0.39 is 11.5 Å². The van der Waals surface area contributed by atoms with Crippen molar-refractivity contribution in [3.05, 3.63) is 29.8 Å². The van der Waals surface area contributed by atoms with E-state index in [1.54, 1.807) is 11.8 Å². The molecule has 1 aliphatic rings. The Morgan fingerprint density at radius 2 is 1.72 bits per heavy atom. The van der Waals surface area contributed by atoms with Crippen molar-refractivity contribution in [1.29, 1.82) is 0 Å². The van der Waals surface area contributed by atoms with E-state index in [9.17, 15) is 19.5 Å². The Balaban J connectivity index is 1.74. The summed E-state index contributed by atoms with van der Waals surface area (Å²) < 4.78 is 0. The van der Waals surface area contributed by atoms with E-state index in [-0.39, 0.29) is 23.3 Å². The quantitative estimate of drug-likeness (QED) is 0.669. The molecular weight excluding hydrogens is 360 g/mol. The van der Waals surface area contributed by atoms with Crippen LogP contribution < -0.4 is 10.6 Å². The molecule has 0 aliphatic carbocycles. The lowest BCUT2D eigenvalue weighted by molar-refractivity contribution is -0.147. The number of nitrogens with one attached hydrogen (secondary N) is 2. The number of carbonyl (C=O) groups excluding carboxylic acids is 2. The van der Waals surface area contributed by atoms with Crippen molar-refractivity contribution in [2.24, 2.45) is 0 Å². The lowest BCUT2D eigenvalue weighted by Gasteiger charge is -2.33. The Morgan fingerprint density at radius 1 is 1.12 bits per heavy atom. The molecule has 0 radical (unpaired) electrons. The van der Waals surface area contributed by atoms with Gasteiger partial charge in [-0.2, -0.15) is 11.8 Å². The highest BCUT2D eigenvalue weighted by Crippen LogP contribution is 2.27. The largest absolute Gasteiger partial charge is 0.480 e. The molecule has 6 nitrogen and oxygen atoms in total. The van der Waals surface area contributed by atoms with Gasteiger partial charge in [-0.3, -0.25) is 9.59 Å². The predicted octanol–water partition coefficient (Wildman–Crippen LogP) is 2.13. The van der Waals surface area contributed by atoms with Crippen molar-refractivity contribution in [3.63, 3.8) is 0 Å². The van der Waals surface area contributed by atoms with Crippen molar-refractivity contribution in [2.75, 3.05) is 28.3 Å². The third-order valence-electron chi connectivity index (χ3n) is 3.94.